The number of aromatic nitrogens is 2. The lowest BCUT2D eigenvalue weighted by molar-refractivity contribution is -0.142. The molecule has 1 fully saturated rings. The summed E-state index contributed by atoms with van der Waals surface area (Å²) in [7, 11) is 0. The Hall–Kier alpha value is -2.90. The maximum atomic E-state index is 12.8. The maximum Gasteiger partial charge on any atom is 0.308 e. The SMILES string of the molecule is Cc1nc(COc2ccccc2C(=O)N2C[C@@H](C)[C@H](C(=O)O)C2)no1. The number of carbonyl (C=O) groups excluding carboxylic acids is 1. The minimum Gasteiger partial charge on any atom is -0.485 e. The van der Waals surface area contributed by atoms with E-state index in [0.29, 0.717) is 29.6 Å². The number of hydrogen-bond acceptors (Lipinski definition) is 6. The molecule has 3 rings (SSSR count). The van der Waals surface area contributed by atoms with Crippen molar-refractivity contribution >= 4 is 11.9 Å². The van der Waals surface area contributed by atoms with Gasteiger partial charge in [0.2, 0.25) is 11.7 Å². The molecule has 0 spiro atoms. The number of benzene rings is 1. The van der Waals surface area contributed by atoms with Crippen LogP contribution >= 0.6 is 0 Å². The molecule has 2 aromatic rings. The molecule has 1 amide bonds. The fourth-order valence-electron chi connectivity index (χ4n) is 2.94. The van der Waals surface area contributed by atoms with Crippen molar-refractivity contribution in [1.82, 2.24) is 15.0 Å². The van der Waals surface area contributed by atoms with Crippen molar-refractivity contribution in [2.45, 2.75) is 20.5 Å². The van der Waals surface area contributed by atoms with Crippen LogP contribution in [0.2, 0.25) is 0 Å². The molecule has 1 aliphatic heterocycles. The third kappa shape index (κ3) is 3.62. The van der Waals surface area contributed by atoms with Crippen molar-refractivity contribution in [3.8, 4) is 5.75 Å². The molecule has 0 bridgehead atoms. The number of ether oxygens (including phenoxy) is 1. The van der Waals surface area contributed by atoms with Gasteiger partial charge >= 0.3 is 5.97 Å². The van der Waals surface area contributed by atoms with Crippen molar-refractivity contribution in [3.05, 3.63) is 41.5 Å². The molecule has 132 valence electrons. The van der Waals surface area contributed by atoms with Crippen molar-refractivity contribution in [2.75, 3.05) is 13.1 Å². The first-order chi connectivity index (χ1) is 12.0. The molecule has 25 heavy (non-hydrogen) atoms. The Balaban J connectivity index is 1.74. The van der Waals surface area contributed by atoms with Gasteiger partial charge in [0, 0.05) is 20.0 Å². The van der Waals surface area contributed by atoms with Crippen LogP contribution in [0.3, 0.4) is 0 Å². The zero-order chi connectivity index (χ0) is 18.0. The van der Waals surface area contributed by atoms with Crippen molar-refractivity contribution < 1.29 is 24.0 Å². The Morgan fingerprint density at radius 3 is 2.76 bits per heavy atom. The predicted molar refractivity (Wildman–Crippen MR) is 86.0 cm³/mol. The molecular formula is C17H19N3O5. The smallest absolute Gasteiger partial charge is 0.308 e. The van der Waals surface area contributed by atoms with Gasteiger partial charge in [0.1, 0.15) is 5.75 Å². The second kappa shape index (κ2) is 6.92. The normalized spacial score (nSPS) is 19.8. The molecule has 8 nitrogen and oxygen atoms in total. The number of amides is 1. The number of aliphatic carboxylic acids is 1. The number of carboxylic acids is 1. The quantitative estimate of drug-likeness (QED) is 0.880. The number of nitrogens with zero attached hydrogens (tertiary/aromatic N) is 3. The number of likely N-dealkylation sites (tertiary alicyclic amines) is 1. The Morgan fingerprint density at radius 1 is 1.36 bits per heavy atom. The molecule has 0 saturated carbocycles. The summed E-state index contributed by atoms with van der Waals surface area (Å²) in [5, 5.41) is 13.0. The van der Waals surface area contributed by atoms with E-state index in [4.69, 9.17) is 9.26 Å². The largest absolute Gasteiger partial charge is 0.485 e. The Bertz CT molecular complexity index is 788. The molecule has 0 aliphatic carbocycles. The predicted octanol–water partition coefficient (Wildman–Crippen LogP) is 1.75. The van der Waals surface area contributed by atoms with Crippen LogP contribution in [0.25, 0.3) is 0 Å². The van der Waals surface area contributed by atoms with E-state index in [9.17, 15) is 14.7 Å². The molecule has 0 unspecified atom stereocenters. The van der Waals surface area contributed by atoms with E-state index in [1.54, 1.807) is 36.1 Å². The summed E-state index contributed by atoms with van der Waals surface area (Å²) in [6.45, 7) is 4.21. The summed E-state index contributed by atoms with van der Waals surface area (Å²) >= 11 is 0. The minimum atomic E-state index is -0.875. The average molecular weight is 345 g/mol. The molecule has 8 heteroatoms. The molecule has 1 saturated heterocycles. The molecule has 0 radical (unpaired) electrons. The molecule has 1 N–H and O–H groups in total. The van der Waals surface area contributed by atoms with Crippen LogP contribution < -0.4 is 4.74 Å². The van der Waals surface area contributed by atoms with Gasteiger partial charge < -0.3 is 19.3 Å². The van der Waals surface area contributed by atoms with Crippen LogP contribution in [0, 0.1) is 18.8 Å². The van der Waals surface area contributed by atoms with E-state index in [2.05, 4.69) is 10.1 Å². The molecule has 2 atom stereocenters. The maximum absolute atomic E-state index is 12.8. The first kappa shape index (κ1) is 16.9. The minimum absolute atomic E-state index is 0.0792. The standard InChI is InChI=1S/C17H19N3O5/c1-10-7-20(8-13(10)17(22)23)16(21)12-5-3-4-6-14(12)24-9-15-18-11(2)25-19-15/h3-6,10,13H,7-9H2,1-2H3,(H,22,23)/t10-,13-/m1/s1. The lowest BCUT2D eigenvalue weighted by Gasteiger charge is -2.18. The summed E-state index contributed by atoms with van der Waals surface area (Å²) in [4.78, 5) is 29.7. The van der Waals surface area contributed by atoms with E-state index in [1.165, 1.54) is 0 Å². The third-order valence-corrected chi connectivity index (χ3v) is 4.26. The third-order valence-electron chi connectivity index (χ3n) is 4.26. The zero-order valence-electron chi connectivity index (χ0n) is 14.0. The van der Waals surface area contributed by atoms with Crippen molar-refractivity contribution in [3.63, 3.8) is 0 Å². The van der Waals surface area contributed by atoms with Crippen LogP contribution in [0.4, 0.5) is 0 Å². The molecule has 2 heterocycles. The van der Waals surface area contributed by atoms with Gasteiger partial charge in [-0.3, -0.25) is 9.59 Å². The number of rotatable bonds is 5. The Labute approximate surface area is 144 Å². The van der Waals surface area contributed by atoms with Gasteiger partial charge in [0.25, 0.3) is 5.91 Å². The fourth-order valence-corrected chi connectivity index (χ4v) is 2.94. The Morgan fingerprint density at radius 2 is 2.12 bits per heavy atom. The van der Waals surface area contributed by atoms with E-state index in [1.807, 2.05) is 6.92 Å². The van der Waals surface area contributed by atoms with Crippen LogP contribution in [0.15, 0.2) is 28.8 Å². The first-order valence-electron chi connectivity index (χ1n) is 7.98. The Kier molecular flexibility index (Phi) is 4.69. The highest BCUT2D eigenvalue weighted by Gasteiger charge is 2.37. The first-order valence-corrected chi connectivity index (χ1v) is 7.98. The average Bonchev–Trinajstić information content (AvgIpc) is 3.18. The monoisotopic (exact) mass is 345 g/mol. The van der Waals surface area contributed by atoms with Crippen LogP contribution in [-0.2, 0) is 11.4 Å². The summed E-state index contributed by atoms with van der Waals surface area (Å²) in [5.41, 5.74) is 0.390. The summed E-state index contributed by atoms with van der Waals surface area (Å²) < 4.78 is 10.6. The van der Waals surface area contributed by atoms with Gasteiger partial charge in [-0.25, -0.2) is 0 Å². The van der Waals surface area contributed by atoms with Crippen LogP contribution in [0.1, 0.15) is 29.0 Å². The number of aryl methyl sites for hydroxylation is 1. The number of hydrogen-bond donors (Lipinski definition) is 1. The summed E-state index contributed by atoms with van der Waals surface area (Å²) in [5.74, 6) is -0.512. The summed E-state index contributed by atoms with van der Waals surface area (Å²) in [6, 6.07) is 6.86. The highest BCUT2D eigenvalue weighted by molar-refractivity contribution is 5.97. The van der Waals surface area contributed by atoms with Crippen LogP contribution in [0.5, 0.6) is 5.75 Å². The van der Waals surface area contributed by atoms with Crippen LogP contribution in [-0.4, -0.2) is 45.1 Å². The van der Waals surface area contributed by atoms with E-state index in [-0.39, 0.29) is 25.0 Å². The van der Waals surface area contributed by atoms with Gasteiger partial charge in [-0.1, -0.05) is 24.2 Å². The number of carboxylic acid groups (broad SMARTS) is 1. The van der Waals surface area contributed by atoms with Gasteiger partial charge in [0.05, 0.1) is 11.5 Å². The highest BCUT2D eigenvalue weighted by atomic mass is 16.5. The van der Waals surface area contributed by atoms with Gasteiger partial charge in [-0.2, -0.15) is 4.98 Å². The van der Waals surface area contributed by atoms with E-state index in [0.717, 1.165) is 0 Å². The lowest BCUT2D eigenvalue weighted by Crippen LogP contribution is -2.30. The van der Waals surface area contributed by atoms with Crippen molar-refractivity contribution in [1.29, 1.82) is 0 Å². The molecule has 1 aliphatic rings. The molecule has 1 aromatic heterocycles. The van der Waals surface area contributed by atoms with E-state index < -0.39 is 11.9 Å². The van der Waals surface area contributed by atoms with Gasteiger partial charge in [-0.15, -0.1) is 0 Å². The summed E-state index contributed by atoms with van der Waals surface area (Å²) in [6.07, 6.45) is 0. The number of carbonyl (C=O) groups is 2. The molecule has 1 aromatic carbocycles. The van der Waals surface area contributed by atoms with Gasteiger partial charge in [-0.05, 0) is 18.1 Å². The lowest BCUT2D eigenvalue weighted by atomic mass is 9.99. The van der Waals surface area contributed by atoms with E-state index >= 15 is 0 Å². The fraction of sp³-hybridized carbons (Fsp3) is 0.412. The zero-order valence-corrected chi connectivity index (χ0v) is 14.0. The topological polar surface area (TPSA) is 106 Å². The van der Waals surface area contributed by atoms with Gasteiger partial charge in [0.15, 0.2) is 6.61 Å². The highest BCUT2D eigenvalue weighted by Crippen LogP contribution is 2.27. The second-order valence-corrected chi connectivity index (χ2v) is 6.15. The second-order valence-electron chi connectivity index (χ2n) is 6.15. The van der Waals surface area contributed by atoms with Crippen molar-refractivity contribution in [2.24, 2.45) is 11.8 Å². The molecular weight excluding hydrogens is 326 g/mol. The number of para-hydroxylation sites is 1.